The molecular formula is C67H113NO18. The van der Waals surface area contributed by atoms with Gasteiger partial charge in [0, 0.05) is 6.42 Å². The zero-order chi connectivity index (χ0) is 62.6. The van der Waals surface area contributed by atoms with Gasteiger partial charge >= 0.3 is 0 Å². The summed E-state index contributed by atoms with van der Waals surface area (Å²) in [5.41, 5.74) is 0. The topological polar surface area (TPSA) is 307 Å². The van der Waals surface area contributed by atoms with Crippen LogP contribution in [0.15, 0.2) is 97.2 Å². The molecule has 17 atom stereocenters. The largest absolute Gasteiger partial charge is 0.394 e. The molecule has 0 aromatic rings. The number of amides is 1. The first-order valence-electron chi connectivity index (χ1n) is 32.5. The summed E-state index contributed by atoms with van der Waals surface area (Å²) >= 11 is 0. The fourth-order valence-electron chi connectivity index (χ4n) is 10.3. The van der Waals surface area contributed by atoms with Gasteiger partial charge in [-0.3, -0.25) is 4.79 Å². The fourth-order valence-corrected chi connectivity index (χ4v) is 10.3. The Hall–Kier alpha value is -3.29. The van der Waals surface area contributed by atoms with Crippen LogP contribution in [0.25, 0.3) is 0 Å². The standard InChI is InChI=1S/C67H113NO18/c1-3-5-7-9-11-13-14-15-16-17-18-19-20-21-22-23-24-25-26-27-28-29-30-31-32-33-34-35-36-37-39-41-43-45-55(73)68-50(51(72)44-42-40-38-12-10-8-6-4-2)49-81-65-61(79)58(76)63(53(47-70)83-65)86-67-62(80)59(77)64(54(48-71)84-67)85-66-60(78)57(75)56(74)52(46-69)82-66/h5,7,11,13,15-16,18-19,21-22,24-25,27-28,42,44,50-54,56-67,69-72,74-80H,3-4,6,8-10,12,14,17,20,23,26,29-41,43,45-49H2,1-2H3,(H,68,73)/b7-5-,13-11-,16-15-,19-18-,22-21-,25-24-,28-27-,44-42+. The molecule has 494 valence electrons. The molecule has 0 aliphatic carbocycles. The lowest BCUT2D eigenvalue weighted by Crippen LogP contribution is -2.66. The molecule has 12 N–H and O–H groups in total. The fraction of sp³-hybridized carbons (Fsp3) is 0.746. The third kappa shape index (κ3) is 31.0. The van der Waals surface area contributed by atoms with E-state index in [-0.39, 0.29) is 18.9 Å². The van der Waals surface area contributed by atoms with E-state index in [1.807, 2.05) is 6.08 Å². The van der Waals surface area contributed by atoms with Gasteiger partial charge in [0.2, 0.25) is 5.91 Å². The maximum absolute atomic E-state index is 13.3. The van der Waals surface area contributed by atoms with E-state index in [1.54, 1.807) is 6.08 Å². The molecule has 3 aliphatic heterocycles. The summed E-state index contributed by atoms with van der Waals surface area (Å²) in [6.45, 7) is 1.53. The zero-order valence-corrected chi connectivity index (χ0v) is 51.7. The molecule has 17 unspecified atom stereocenters. The highest BCUT2D eigenvalue weighted by Gasteiger charge is 2.53. The number of rotatable bonds is 47. The number of hydrogen-bond donors (Lipinski definition) is 12. The van der Waals surface area contributed by atoms with Gasteiger partial charge in [-0.25, -0.2) is 0 Å². The van der Waals surface area contributed by atoms with Gasteiger partial charge in [-0.2, -0.15) is 0 Å². The second-order valence-corrected chi connectivity index (χ2v) is 22.8. The molecule has 0 spiro atoms. The molecule has 3 fully saturated rings. The molecule has 0 saturated carbocycles. The predicted molar refractivity (Wildman–Crippen MR) is 332 cm³/mol. The van der Waals surface area contributed by atoms with Crippen LogP contribution in [0.5, 0.6) is 0 Å². The van der Waals surface area contributed by atoms with E-state index < -0.39 is 124 Å². The molecule has 3 saturated heterocycles. The monoisotopic (exact) mass is 1220 g/mol. The SMILES string of the molecule is CC/C=C\C/C=C\C/C=C\C/C=C\C/C=C\C/C=C\C/C=C\CCCCCCCCCCCCCC(=O)NC(COC1OC(CO)C(OC2OC(CO)C(OC3OC(CO)C(O)C(O)C3O)C(O)C2O)C(O)C1O)C(O)/C=C/CCCCCCCC. The first kappa shape index (κ1) is 77.0. The number of aliphatic hydroxyl groups is 11. The Kier molecular flexibility index (Phi) is 43.4. The van der Waals surface area contributed by atoms with Crippen LogP contribution in [0, 0.1) is 0 Å². The maximum Gasteiger partial charge on any atom is 0.220 e. The molecule has 0 aromatic carbocycles. The summed E-state index contributed by atoms with van der Waals surface area (Å²) in [6, 6.07) is -0.978. The minimum atomic E-state index is -1.98. The Morgan fingerprint density at radius 1 is 0.430 bits per heavy atom. The van der Waals surface area contributed by atoms with E-state index >= 15 is 0 Å². The first-order chi connectivity index (χ1) is 41.8. The van der Waals surface area contributed by atoms with Crippen molar-refractivity contribution in [3.63, 3.8) is 0 Å². The lowest BCUT2D eigenvalue weighted by Gasteiger charge is -2.48. The van der Waals surface area contributed by atoms with E-state index in [9.17, 15) is 61.0 Å². The number of unbranched alkanes of at least 4 members (excludes halogenated alkanes) is 17. The number of aliphatic hydroxyl groups excluding tert-OH is 11. The van der Waals surface area contributed by atoms with Crippen molar-refractivity contribution in [1.82, 2.24) is 5.32 Å². The number of allylic oxidation sites excluding steroid dienone is 15. The molecule has 19 nitrogen and oxygen atoms in total. The third-order valence-electron chi connectivity index (χ3n) is 15.6. The van der Waals surface area contributed by atoms with Crippen molar-refractivity contribution in [1.29, 1.82) is 0 Å². The Morgan fingerprint density at radius 3 is 1.26 bits per heavy atom. The summed E-state index contributed by atoms with van der Waals surface area (Å²) in [6.07, 6.45) is 35.7. The van der Waals surface area contributed by atoms with Crippen LogP contribution in [-0.4, -0.2) is 193 Å². The number of ether oxygens (including phenoxy) is 6. The summed E-state index contributed by atoms with van der Waals surface area (Å²) < 4.78 is 34.2. The molecule has 1 amide bonds. The van der Waals surface area contributed by atoms with Gasteiger partial charge in [0.1, 0.15) is 73.2 Å². The molecule has 0 radical (unpaired) electrons. The van der Waals surface area contributed by atoms with Crippen LogP contribution in [0.3, 0.4) is 0 Å². The van der Waals surface area contributed by atoms with Crippen LogP contribution in [0.1, 0.15) is 187 Å². The van der Waals surface area contributed by atoms with Gasteiger partial charge in [0.25, 0.3) is 0 Å². The van der Waals surface area contributed by atoms with E-state index in [0.29, 0.717) is 6.42 Å². The van der Waals surface area contributed by atoms with Crippen molar-refractivity contribution in [2.24, 2.45) is 0 Å². The van der Waals surface area contributed by atoms with Gasteiger partial charge in [-0.05, 0) is 77.0 Å². The summed E-state index contributed by atoms with van der Waals surface area (Å²) in [7, 11) is 0. The van der Waals surface area contributed by atoms with Crippen molar-refractivity contribution in [2.75, 3.05) is 26.4 Å². The molecule has 19 heteroatoms. The number of carbonyl (C=O) groups excluding carboxylic acids is 1. The quantitative estimate of drug-likeness (QED) is 0.0210. The van der Waals surface area contributed by atoms with Gasteiger partial charge in [-0.15, -0.1) is 0 Å². The highest BCUT2D eigenvalue weighted by Crippen LogP contribution is 2.33. The number of hydrogen-bond acceptors (Lipinski definition) is 18. The van der Waals surface area contributed by atoms with Crippen LogP contribution >= 0.6 is 0 Å². The van der Waals surface area contributed by atoms with Crippen LogP contribution in [0.2, 0.25) is 0 Å². The Labute approximate surface area is 513 Å². The number of nitrogens with one attached hydrogen (secondary N) is 1. The van der Waals surface area contributed by atoms with Crippen molar-refractivity contribution in [3.8, 4) is 0 Å². The first-order valence-corrected chi connectivity index (χ1v) is 32.5. The lowest BCUT2D eigenvalue weighted by molar-refractivity contribution is -0.379. The van der Waals surface area contributed by atoms with Gasteiger partial charge in [-0.1, -0.05) is 201 Å². The van der Waals surface area contributed by atoms with Crippen molar-refractivity contribution < 1.29 is 89.4 Å². The zero-order valence-electron chi connectivity index (χ0n) is 51.7. The maximum atomic E-state index is 13.3. The molecular weight excluding hydrogens is 1110 g/mol. The lowest BCUT2D eigenvalue weighted by atomic mass is 9.96. The molecule has 0 aromatic heterocycles. The van der Waals surface area contributed by atoms with Gasteiger partial charge in [0.05, 0.1) is 38.6 Å². The smallest absolute Gasteiger partial charge is 0.220 e. The highest BCUT2D eigenvalue weighted by molar-refractivity contribution is 5.76. The van der Waals surface area contributed by atoms with Crippen molar-refractivity contribution >= 4 is 5.91 Å². The van der Waals surface area contributed by atoms with Crippen LogP contribution in [0.4, 0.5) is 0 Å². The van der Waals surface area contributed by atoms with Crippen molar-refractivity contribution in [2.45, 2.75) is 291 Å². The second-order valence-electron chi connectivity index (χ2n) is 22.8. The van der Waals surface area contributed by atoms with Gasteiger partial charge < -0.3 is 89.9 Å². The highest BCUT2D eigenvalue weighted by atomic mass is 16.8. The molecule has 86 heavy (non-hydrogen) atoms. The molecule has 3 rings (SSSR count). The summed E-state index contributed by atoms with van der Waals surface area (Å²) in [4.78, 5) is 13.3. The molecule has 3 heterocycles. The Bertz CT molecular complexity index is 1940. The Morgan fingerprint density at radius 2 is 0.802 bits per heavy atom. The van der Waals surface area contributed by atoms with E-state index in [2.05, 4.69) is 104 Å². The van der Waals surface area contributed by atoms with E-state index in [1.165, 1.54) is 51.4 Å². The average Bonchev–Trinajstić information content (AvgIpc) is 3.55. The summed E-state index contributed by atoms with van der Waals surface area (Å²) in [5, 5.41) is 120. The Balaban J connectivity index is 1.35. The third-order valence-corrected chi connectivity index (χ3v) is 15.6. The summed E-state index contributed by atoms with van der Waals surface area (Å²) in [5.74, 6) is -0.288. The molecule has 0 bridgehead atoms. The van der Waals surface area contributed by atoms with Crippen molar-refractivity contribution in [3.05, 3.63) is 97.2 Å². The number of carbonyl (C=O) groups is 1. The average molecular weight is 1220 g/mol. The van der Waals surface area contributed by atoms with Gasteiger partial charge in [0.15, 0.2) is 18.9 Å². The van der Waals surface area contributed by atoms with Crippen LogP contribution < -0.4 is 5.32 Å². The predicted octanol–water partition coefficient (Wildman–Crippen LogP) is 7.32. The normalized spacial score (nSPS) is 29.4. The molecule has 3 aliphatic rings. The minimum absolute atomic E-state index is 0.233. The van der Waals surface area contributed by atoms with Crippen LogP contribution in [-0.2, 0) is 33.2 Å². The van der Waals surface area contributed by atoms with E-state index in [0.717, 1.165) is 109 Å². The van der Waals surface area contributed by atoms with E-state index in [4.69, 9.17) is 28.4 Å². The minimum Gasteiger partial charge on any atom is -0.394 e. The second kappa shape index (κ2) is 48.5.